The maximum atomic E-state index is 8.95. The topological polar surface area (TPSA) is 23.5 Å². The van der Waals surface area contributed by atoms with Crippen LogP contribution in [0.1, 0.15) is 39.5 Å². The molecule has 0 amide bonds. The standard InChI is InChI=1S/C13H27NOS/c1-3-13(4-2,11-16)10-14-7-5-12(9-14)6-8-15/h12,15-16H,3-11H2,1-2H3. The number of nitrogens with zero attached hydrogens (tertiary/aromatic N) is 1. The van der Waals surface area contributed by atoms with Gasteiger partial charge in [-0.25, -0.2) is 0 Å². The van der Waals surface area contributed by atoms with Crippen LogP contribution in [0.2, 0.25) is 0 Å². The summed E-state index contributed by atoms with van der Waals surface area (Å²) in [6.07, 6.45) is 4.67. The lowest BCUT2D eigenvalue weighted by atomic mass is 9.84. The smallest absolute Gasteiger partial charge is 0.0434 e. The van der Waals surface area contributed by atoms with Crippen molar-refractivity contribution < 1.29 is 5.11 Å². The zero-order valence-electron chi connectivity index (χ0n) is 10.8. The van der Waals surface area contributed by atoms with Crippen molar-refractivity contribution in [1.29, 1.82) is 0 Å². The molecule has 1 heterocycles. The molecule has 1 aliphatic heterocycles. The highest BCUT2D eigenvalue weighted by molar-refractivity contribution is 7.80. The molecule has 2 nitrogen and oxygen atoms in total. The van der Waals surface area contributed by atoms with Gasteiger partial charge >= 0.3 is 0 Å². The minimum absolute atomic E-state index is 0.345. The van der Waals surface area contributed by atoms with E-state index >= 15 is 0 Å². The third kappa shape index (κ3) is 3.64. The van der Waals surface area contributed by atoms with E-state index in [1.54, 1.807) is 0 Å². The fourth-order valence-corrected chi connectivity index (χ4v) is 3.24. The van der Waals surface area contributed by atoms with Crippen LogP contribution in [0.25, 0.3) is 0 Å². The fraction of sp³-hybridized carbons (Fsp3) is 1.00. The van der Waals surface area contributed by atoms with Gasteiger partial charge in [0.1, 0.15) is 0 Å². The Morgan fingerprint density at radius 3 is 2.56 bits per heavy atom. The van der Waals surface area contributed by atoms with Crippen molar-refractivity contribution in [3.05, 3.63) is 0 Å². The number of hydrogen-bond donors (Lipinski definition) is 2. The molecule has 1 aliphatic rings. The van der Waals surface area contributed by atoms with Crippen LogP contribution in [-0.4, -0.2) is 42.0 Å². The highest BCUT2D eigenvalue weighted by Crippen LogP contribution is 2.31. The molecule has 1 rings (SSSR count). The van der Waals surface area contributed by atoms with Gasteiger partial charge in [-0.2, -0.15) is 12.6 Å². The fourth-order valence-electron chi connectivity index (χ4n) is 2.70. The molecule has 1 N–H and O–H groups in total. The van der Waals surface area contributed by atoms with E-state index in [2.05, 4.69) is 31.4 Å². The molecule has 0 aromatic carbocycles. The molecule has 0 spiro atoms. The summed E-state index contributed by atoms with van der Waals surface area (Å²) in [5.74, 6) is 1.71. The molecule has 0 aromatic rings. The quantitative estimate of drug-likeness (QED) is 0.673. The lowest BCUT2D eigenvalue weighted by molar-refractivity contribution is 0.175. The van der Waals surface area contributed by atoms with E-state index in [-0.39, 0.29) is 0 Å². The molecule has 96 valence electrons. The SMILES string of the molecule is CCC(CC)(CS)CN1CCC(CCO)C1. The van der Waals surface area contributed by atoms with Crippen LogP contribution in [0.3, 0.4) is 0 Å². The summed E-state index contributed by atoms with van der Waals surface area (Å²) in [4.78, 5) is 2.57. The lowest BCUT2D eigenvalue weighted by Gasteiger charge is -2.34. The molecule has 3 heteroatoms. The van der Waals surface area contributed by atoms with E-state index in [9.17, 15) is 0 Å². The van der Waals surface area contributed by atoms with Gasteiger partial charge in [0.15, 0.2) is 0 Å². The Kier molecular flexibility index (Phi) is 6.16. The van der Waals surface area contributed by atoms with Crippen LogP contribution < -0.4 is 0 Å². The first-order chi connectivity index (χ1) is 7.69. The van der Waals surface area contributed by atoms with Crippen molar-refractivity contribution in [3.63, 3.8) is 0 Å². The van der Waals surface area contributed by atoms with Crippen LogP contribution in [0.15, 0.2) is 0 Å². The van der Waals surface area contributed by atoms with Gasteiger partial charge in [0.2, 0.25) is 0 Å². The van der Waals surface area contributed by atoms with Gasteiger partial charge in [-0.1, -0.05) is 13.8 Å². The van der Waals surface area contributed by atoms with Crippen LogP contribution in [0, 0.1) is 11.3 Å². The summed E-state index contributed by atoms with van der Waals surface area (Å²) >= 11 is 4.53. The second-order valence-electron chi connectivity index (χ2n) is 5.27. The Bertz CT molecular complexity index is 186. The molecular weight excluding hydrogens is 218 g/mol. The maximum Gasteiger partial charge on any atom is 0.0434 e. The van der Waals surface area contributed by atoms with Crippen molar-refractivity contribution >= 4 is 12.6 Å². The highest BCUT2D eigenvalue weighted by atomic mass is 32.1. The van der Waals surface area contributed by atoms with Gasteiger partial charge in [0.25, 0.3) is 0 Å². The zero-order valence-corrected chi connectivity index (χ0v) is 11.7. The molecular formula is C13H27NOS. The highest BCUT2D eigenvalue weighted by Gasteiger charge is 2.31. The minimum atomic E-state index is 0.345. The number of thiol groups is 1. The third-order valence-electron chi connectivity index (χ3n) is 4.30. The monoisotopic (exact) mass is 245 g/mol. The molecule has 0 saturated carbocycles. The third-order valence-corrected chi connectivity index (χ3v) is 4.97. The molecule has 1 saturated heterocycles. The molecule has 0 aliphatic carbocycles. The van der Waals surface area contributed by atoms with E-state index in [1.165, 1.54) is 38.9 Å². The number of likely N-dealkylation sites (tertiary alicyclic amines) is 1. The molecule has 16 heavy (non-hydrogen) atoms. The first-order valence-electron chi connectivity index (χ1n) is 6.63. The van der Waals surface area contributed by atoms with Crippen molar-refractivity contribution in [2.24, 2.45) is 11.3 Å². The molecule has 0 bridgehead atoms. The van der Waals surface area contributed by atoms with Gasteiger partial charge < -0.3 is 10.0 Å². The maximum absolute atomic E-state index is 8.95. The Morgan fingerprint density at radius 2 is 2.06 bits per heavy atom. The molecule has 1 unspecified atom stereocenters. The summed E-state index contributed by atoms with van der Waals surface area (Å²) in [5, 5.41) is 8.95. The van der Waals surface area contributed by atoms with Crippen LogP contribution in [0.4, 0.5) is 0 Å². The van der Waals surface area contributed by atoms with Crippen molar-refractivity contribution in [1.82, 2.24) is 4.90 Å². The molecule has 0 radical (unpaired) electrons. The van der Waals surface area contributed by atoms with Gasteiger partial charge in [0, 0.05) is 19.7 Å². The summed E-state index contributed by atoms with van der Waals surface area (Å²) < 4.78 is 0. The second kappa shape index (κ2) is 6.87. The van der Waals surface area contributed by atoms with Crippen molar-refractivity contribution in [2.75, 3.05) is 32.0 Å². The Hall–Kier alpha value is 0.270. The normalized spacial score (nSPS) is 22.9. The summed E-state index contributed by atoms with van der Waals surface area (Å²) in [6, 6.07) is 0. The van der Waals surface area contributed by atoms with Gasteiger partial charge in [-0.3, -0.25) is 0 Å². The zero-order chi connectivity index (χ0) is 12.0. The number of aliphatic hydroxyl groups is 1. The average molecular weight is 245 g/mol. The van der Waals surface area contributed by atoms with E-state index < -0.39 is 0 Å². The van der Waals surface area contributed by atoms with Crippen LogP contribution in [0.5, 0.6) is 0 Å². The van der Waals surface area contributed by atoms with Gasteiger partial charge in [0.05, 0.1) is 0 Å². The molecule has 1 fully saturated rings. The van der Waals surface area contributed by atoms with Crippen LogP contribution in [-0.2, 0) is 0 Å². The van der Waals surface area contributed by atoms with E-state index in [0.29, 0.717) is 12.0 Å². The molecule has 0 aromatic heterocycles. The Labute approximate surface area is 106 Å². The largest absolute Gasteiger partial charge is 0.396 e. The van der Waals surface area contributed by atoms with E-state index in [1.807, 2.05) is 0 Å². The van der Waals surface area contributed by atoms with Gasteiger partial charge in [-0.05, 0) is 49.3 Å². The van der Waals surface area contributed by atoms with Crippen molar-refractivity contribution in [3.8, 4) is 0 Å². The summed E-state index contributed by atoms with van der Waals surface area (Å²) in [6.45, 7) is 8.47. The summed E-state index contributed by atoms with van der Waals surface area (Å²) in [5.41, 5.74) is 0.400. The average Bonchev–Trinajstić information content (AvgIpc) is 2.74. The number of aliphatic hydroxyl groups excluding tert-OH is 1. The first kappa shape index (κ1) is 14.3. The van der Waals surface area contributed by atoms with Crippen LogP contribution >= 0.6 is 12.6 Å². The predicted molar refractivity (Wildman–Crippen MR) is 73.1 cm³/mol. The number of rotatable bonds is 7. The Balaban J connectivity index is 2.42. The van der Waals surface area contributed by atoms with Crippen molar-refractivity contribution in [2.45, 2.75) is 39.5 Å². The minimum Gasteiger partial charge on any atom is -0.396 e. The molecule has 1 atom stereocenters. The van der Waals surface area contributed by atoms with E-state index in [0.717, 1.165) is 18.1 Å². The predicted octanol–water partition coefficient (Wildman–Crippen LogP) is 2.43. The first-order valence-corrected chi connectivity index (χ1v) is 7.27. The summed E-state index contributed by atoms with van der Waals surface area (Å²) in [7, 11) is 0. The second-order valence-corrected chi connectivity index (χ2v) is 5.58. The Morgan fingerprint density at radius 1 is 1.38 bits per heavy atom. The van der Waals surface area contributed by atoms with E-state index in [4.69, 9.17) is 5.11 Å². The number of hydrogen-bond acceptors (Lipinski definition) is 3. The lowest BCUT2D eigenvalue weighted by Crippen LogP contribution is -2.37. The van der Waals surface area contributed by atoms with Gasteiger partial charge in [-0.15, -0.1) is 0 Å².